The molecule has 0 saturated carbocycles. The molecule has 2 saturated heterocycles. The number of carbonyl (C=O) groups is 1. The van der Waals surface area contributed by atoms with E-state index in [4.69, 9.17) is 23.7 Å². The summed E-state index contributed by atoms with van der Waals surface area (Å²) in [6, 6.07) is 0. The molecule has 0 aliphatic carbocycles. The highest BCUT2D eigenvalue weighted by Crippen LogP contribution is 2.46. The van der Waals surface area contributed by atoms with E-state index in [1.807, 2.05) is 13.8 Å². The highest BCUT2D eigenvalue weighted by molar-refractivity contribution is 5.75. The van der Waals surface area contributed by atoms with Crippen molar-refractivity contribution >= 4 is 5.97 Å². The van der Waals surface area contributed by atoms with Gasteiger partial charge < -0.3 is 49.2 Å². The van der Waals surface area contributed by atoms with Crippen molar-refractivity contribution in [2.45, 2.75) is 121 Å². The third kappa shape index (κ3) is 7.24. The Morgan fingerprint density at radius 3 is 2.13 bits per heavy atom. The quantitative estimate of drug-likeness (QED) is 0.271. The Kier molecular flexibility index (Phi) is 12.4. The van der Waals surface area contributed by atoms with Gasteiger partial charge in [0, 0.05) is 59.0 Å². The van der Waals surface area contributed by atoms with E-state index in [1.54, 1.807) is 13.8 Å². The van der Waals surface area contributed by atoms with Crippen molar-refractivity contribution < 1.29 is 54.0 Å². The van der Waals surface area contributed by atoms with Crippen LogP contribution >= 0.6 is 0 Å². The van der Waals surface area contributed by atoms with Crippen LogP contribution in [-0.2, 0) is 28.5 Å². The average molecular weight is 551 g/mol. The maximum absolute atomic E-state index is 13.1. The molecule has 0 aromatic heterocycles. The van der Waals surface area contributed by atoms with Crippen molar-refractivity contribution in [1.29, 1.82) is 0 Å². The maximum Gasteiger partial charge on any atom is 0.337 e. The first-order valence-corrected chi connectivity index (χ1v) is 13.6. The van der Waals surface area contributed by atoms with Crippen LogP contribution in [0.15, 0.2) is 0 Å². The molecule has 11 nitrogen and oxygen atoms in total. The van der Waals surface area contributed by atoms with Gasteiger partial charge in [0.2, 0.25) is 5.79 Å². The second-order valence-corrected chi connectivity index (χ2v) is 11.6. The number of hydrogen-bond donors (Lipinski definition) is 5. The first-order chi connectivity index (χ1) is 17.8. The fourth-order valence-corrected chi connectivity index (χ4v) is 5.67. The Morgan fingerprint density at radius 1 is 1.00 bits per heavy atom. The molecule has 2 aliphatic heterocycles. The third-order valence-corrected chi connectivity index (χ3v) is 8.80. The van der Waals surface area contributed by atoms with Crippen LogP contribution in [0.1, 0.15) is 66.2 Å². The van der Waals surface area contributed by atoms with Gasteiger partial charge in [0.05, 0.1) is 30.5 Å². The van der Waals surface area contributed by atoms with Gasteiger partial charge in [0.1, 0.15) is 12.2 Å². The lowest BCUT2D eigenvalue weighted by Gasteiger charge is -2.54. The SMILES string of the molecule is CC[C@H](CO)CC(C)[C@@H]1C[C@@H](OC)C[C@H](O)C(C)(C)[C@@]2(O)O[C@@H](C[C@H](OC)[C@@H](O)C(=O)O1)C[C@@H](OC)[C@@H]2O. The second-order valence-electron chi connectivity index (χ2n) is 11.6. The number of ether oxygens (including phenoxy) is 5. The molecule has 224 valence electrons. The van der Waals surface area contributed by atoms with Gasteiger partial charge in [-0.1, -0.05) is 34.1 Å². The molecule has 2 fully saturated rings. The van der Waals surface area contributed by atoms with Gasteiger partial charge in [-0.3, -0.25) is 0 Å². The molecule has 0 aromatic carbocycles. The Labute approximate surface area is 226 Å². The van der Waals surface area contributed by atoms with Crippen molar-refractivity contribution in [3.8, 4) is 0 Å². The van der Waals surface area contributed by atoms with Crippen LogP contribution in [-0.4, -0.2) is 114 Å². The Balaban J connectivity index is 2.50. The number of methoxy groups -OCH3 is 3. The standard InChI is InChI=1S/C27H50O11/c1-8-16(14-28)9-15(2)19-10-17(34-5)13-22(29)26(3,4)27(33)24(31)21(36-7)12-18(38-27)11-20(35-6)23(30)25(32)37-19/h15-24,28-31,33H,8-14H2,1-7H3/t15?,16-,17+,18-,19-,20-,21+,22-,23+,24-,27-/m0/s1. The average Bonchev–Trinajstić information content (AvgIpc) is 2.89. The summed E-state index contributed by atoms with van der Waals surface area (Å²) >= 11 is 0. The molecule has 11 atom stereocenters. The molecule has 2 rings (SSSR count). The normalized spacial score (nSPS) is 40.6. The summed E-state index contributed by atoms with van der Waals surface area (Å²) < 4.78 is 28.4. The van der Waals surface area contributed by atoms with Crippen molar-refractivity contribution in [1.82, 2.24) is 0 Å². The smallest absolute Gasteiger partial charge is 0.337 e. The third-order valence-electron chi connectivity index (χ3n) is 8.80. The van der Waals surface area contributed by atoms with Crippen LogP contribution in [0.2, 0.25) is 0 Å². The molecule has 0 radical (unpaired) electrons. The van der Waals surface area contributed by atoms with Crippen LogP contribution in [0.5, 0.6) is 0 Å². The summed E-state index contributed by atoms with van der Waals surface area (Å²) in [5.41, 5.74) is -1.38. The molecule has 5 N–H and O–H groups in total. The number of aliphatic hydroxyl groups is 5. The van der Waals surface area contributed by atoms with E-state index in [9.17, 15) is 30.3 Å². The predicted octanol–water partition coefficient (Wildman–Crippen LogP) is 0.758. The molecule has 0 spiro atoms. The van der Waals surface area contributed by atoms with E-state index in [0.29, 0.717) is 6.42 Å². The monoisotopic (exact) mass is 550 g/mol. The summed E-state index contributed by atoms with van der Waals surface area (Å²) in [4.78, 5) is 13.1. The predicted molar refractivity (Wildman–Crippen MR) is 137 cm³/mol. The van der Waals surface area contributed by atoms with Crippen LogP contribution in [0.4, 0.5) is 0 Å². The molecular weight excluding hydrogens is 500 g/mol. The van der Waals surface area contributed by atoms with Crippen LogP contribution < -0.4 is 0 Å². The summed E-state index contributed by atoms with van der Waals surface area (Å²) in [7, 11) is 4.23. The molecule has 0 aromatic rings. The molecular formula is C27H50O11. The van der Waals surface area contributed by atoms with Gasteiger partial charge in [-0.05, 0) is 18.3 Å². The highest BCUT2D eigenvalue weighted by Gasteiger charge is 2.60. The summed E-state index contributed by atoms with van der Waals surface area (Å²) in [6.45, 7) is 7.09. The number of carbonyl (C=O) groups excluding carboxylic acids is 1. The Hall–Kier alpha value is -0.890. The van der Waals surface area contributed by atoms with Crippen LogP contribution in [0.3, 0.4) is 0 Å². The number of hydrogen-bond acceptors (Lipinski definition) is 11. The summed E-state index contributed by atoms with van der Waals surface area (Å²) in [6.07, 6.45) is -6.49. The zero-order valence-electron chi connectivity index (χ0n) is 23.9. The van der Waals surface area contributed by atoms with E-state index in [-0.39, 0.29) is 44.1 Å². The fourth-order valence-electron chi connectivity index (χ4n) is 5.67. The molecule has 0 amide bonds. The lowest BCUT2D eigenvalue weighted by atomic mass is 9.70. The van der Waals surface area contributed by atoms with Gasteiger partial charge in [0.25, 0.3) is 0 Å². The lowest BCUT2D eigenvalue weighted by molar-refractivity contribution is -0.379. The second kappa shape index (κ2) is 14.1. The van der Waals surface area contributed by atoms with E-state index >= 15 is 0 Å². The van der Waals surface area contributed by atoms with Crippen molar-refractivity contribution in [3.63, 3.8) is 0 Å². The van der Waals surface area contributed by atoms with Crippen LogP contribution in [0, 0.1) is 17.3 Å². The molecule has 1 unspecified atom stereocenters. The molecule has 11 heteroatoms. The minimum atomic E-state index is -2.22. The van der Waals surface area contributed by atoms with E-state index in [0.717, 1.165) is 6.42 Å². The van der Waals surface area contributed by atoms with Gasteiger partial charge in [-0.15, -0.1) is 0 Å². The molecule has 2 bridgehead atoms. The first-order valence-electron chi connectivity index (χ1n) is 13.6. The van der Waals surface area contributed by atoms with E-state index < -0.39 is 66.0 Å². The molecule has 2 heterocycles. The minimum absolute atomic E-state index is 0.00125. The van der Waals surface area contributed by atoms with Gasteiger partial charge in [-0.2, -0.15) is 0 Å². The largest absolute Gasteiger partial charge is 0.460 e. The number of esters is 1. The molecule has 38 heavy (non-hydrogen) atoms. The highest BCUT2D eigenvalue weighted by atomic mass is 16.7. The van der Waals surface area contributed by atoms with Crippen molar-refractivity contribution in [2.24, 2.45) is 17.3 Å². The number of fused-ring (bicyclic) bond motifs is 2. The number of cyclic esters (lactones) is 1. The first kappa shape index (κ1) is 33.3. The topological polar surface area (TPSA) is 164 Å². The Morgan fingerprint density at radius 2 is 1.61 bits per heavy atom. The van der Waals surface area contributed by atoms with Crippen LogP contribution in [0.25, 0.3) is 0 Å². The zero-order valence-corrected chi connectivity index (χ0v) is 23.9. The van der Waals surface area contributed by atoms with Gasteiger partial charge in [0.15, 0.2) is 6.10 Å². The number of rotatable bonds is 8. The van der Waals surface area contributed by atoms with Crippen molar-refractivity contribution in [3.05, 3.63) is 0 Å². The summed E-state index contributed by atoms with van der Waals surface area (Å²) in [5, 5.41) is 54.8. The molecule has 2 aliphatic rings. The van der Waals surface area contributed by atoms with Gasteiger partial charge in [-0.25, -0.2) is 4.79 Å². The van der Waals surface area contributed by atoms with E-state index in [1.165, 1.54) is 21.3 Å². The van der Waals surface area contributed by atoms with Gasteiger partial charge >= 0.3 is 5.97 Å². The zero-order chi connectivity index (χ0) is 28.8. The minimum Gasteiger partial charge on any atom is -0.460 e. The summed E-state index contributed by atoms with van der Waals surface area (Å²) in [5.74, 6) is -3.26. The Bertz CT molecular complexity index is 730. The fraction of sp³-hybridized carbons (Fsp3) is 0.963. The number of aliphatic hydroxyl groups excluding tert-OH is 4. The van der Waals surface area contributed by atoms with E-state index in [2.05, 4.69) is 0 Å². The van der Waals surface area contributed by atoms with Crippen molar-refractivity contribution in [2.75, 3.05) is 27.9 Å². The maximum atomic E-state index is 13.1. The lowest BCUT2D eigenvalue weighted by Crippen LogP contribution is -2.68.